The van der Waals surface area contributed by atoms with E-state index in [-0.39, 0.29) is 5.91 Å². The van der Waals surface area contributed by atoms with E-state index in [0.29, 0.717) is 41.5 Å². The number of carbonyl (C=O) groups excluding carboxylic acids is 1. The minimum atomic E-state index is -0.936. The molecule has 1 saturated heterocycles. The number of carbonyl (C=O) groups is 1. The van der Waals surface area contributed by atoms with Crippen LogP contribution in [0.1, 0.15) is 23.2 Å². The zero-order chi connectivity index (χ0) is 14.8. The lowest BCUT2D eigenvalue weighted by atomic mass is 9.81. The van der Waals surface area contributed by atoms with E-state index in [2.05, 4.69) is 0 Å². The number of likely N-dealkylation sites (tertiary alicyclic amines) is 1. The summed E-state index contributed by atoms with van der Waals surface area (Å²) in [6, 6.07) is 6.73. The Morgan fingerprint density at radius 1 is 1.35 bits per heavy atom. The lowest BCUT2D eigenvalue weighted by molar-refractivity contribution is 0.0618. The third-order valence-corrected chi connectivity index (χ3v) is 4.41. The normalized spacial score (nSPS) is 17.6. The molecule has 1 aliphatic rings. The maximum absolute atomic E-state index is 12.9. The van der Waals surface area contributed by atoms with Crippen LogP contribution in [0.2, 0.25) is 10.0 Å². The van der Waals surface area contributed by atoms with Crippen molar-refractivity contribution < 1.29 is 9.18 Å². The van der Waals surface area contributed by atoms with Crippen molar-refractivity contribution in [1.82, 2.24) is 4.90 Å². The summed E-state index contributed by atoms with van der Waals surface area (Å²) in [6.07, 6.45) is 0.708. The average molecular weight is 315 g/mol. The van der Waals surface area contributed by atoms with Crippen molar-refractivity contribution in [2.45, 2.75) is 12.8 Å². The predicted molar refractivity (Wildman–Crippen MR) is 75.6 cm³/mol. The average Bonchev–Trinajstić information content (AvgIpc) is 2.49. The van der Waals surface area contributed by atoms with Crippen LogP contribution < -0.4 is 0 Å². The molecule has 1 aromatic carbocycles. The first-order valence-corrected chi connectivity index (χ1v) is 6.98. The molecule has 20 heavy (non-hydrogen) atoms. The molecular formula is C14H13Cl2FN2O. The maximum atomic E-state index is 12.9. The van der Waals surface area contributed by atoms with Crippen LogP contribution in [0.25, 0.3) is 0 Å². The van der Waals surface area contributed by atoms with Gasteiger partial charge in [0.1, 0.15) is 6.67 Å². The van der Waals surface area contributed by atoms with Crippen molar-refractivity contribution in [2.75, 3.05) is 19.8 Å². The van der Waals surface area contributed by atoms with Crippen molar-refractivity contribution in [2.24, 2.45) is 5.41 Å². The largest absolute Gasteiger partial charge is 0.339 e. The summed E-state index contributed by atoms with van der Waals surface area (Å²) in [6.45, 7) is 0.0748. The molecule has 0 radical (unpaired) electrons. The Hall–Kier alpha value is -1.31. The molecule has 0 bridgehead atoms. The van der Waals surface area contributed by atoms with Crippen LogP contribution in [-0.2, 0) is 0 Å². The summed E-state index contributed by atoms with van der Waals surface area (Å²) in [4.78, 5) is 13.9. The molecule has 1 amide bonds. The fourth-order valence-electron chi connectivity index (χ4n) is 2.22. The molecule has 106 valence electrons. The summed E-state index contributed by atoms with van der Waals surface area (Å²) in [5.74, 6) is -0.172. The first-order chi connectivity index (χ1) is 9.51. The van der Waals surface area contributed by atoms with E-state index in [4.69, 9.17) is 28.5 Å². The topological polar surface area (TPSA) is 44.1 Å². The summed E-state index contributed by atoms with van der Waals surface area (Å²) in [5, 5.41) is 9.74. The standard InChI is InChI=1S/C14H13Cl2FN2O/c15-11-2-1-10(7-12(11)16)13(20)19-5-3-14(8-17,9-18)4-6-19/h1-2,7H,3-6,8H2. The fraction of sp³-hybridized carbons (Fsp3) is 0.429. The molecule has 0 aliphatic carbocycles. The lowest BCUT2D eigenvalue weighted by Crippen LogP contribution is -2.43. The number of nitrogens with zero attached hydrogens (tertiary/aromatic N) is 2. The van der Waals surface area contributed by atoms with Gasteiger partial charge in [-0.15, -0.1) is 0 Å². The third-order valence-electron chi connectivity index (χ3n) is 3.67. The van der Waals surface area contributed by atoms with E-state index < -0.39 is 12.1 Å². The molecule has 3 nitrogen and oxygen atoms in total. The van der Waals surface area contributed by atoms with E-state index in [0.717, 1.165) is 0 Å². The smallest absolute Gasteiger partial charge is 0.253 e. The van der Waals surface area contributed by atoms with Crippen LogP contribution in [0.15, 0.2) is 18.2 Å². The first-order valence-electron chi connectivity index (χ1n) is 6.23. The SMILES string of the molecule is N#CC1(CF)CCN(C(=O)c2ccc(Cl)c(Cl)c2)CC1. The first kappa shape index (κ1) is 15.1. The summed E-state index contributed by atoms with van der Waals surface area (Å²) in [7, 11) is 0. The van der Waals surface area contributed by atoms with Gasteiger partial charge in [0.25, 0.3) is 5.91 Å². The van der Waals surface area contributed by atoms with E-state index in [1.807, 2.05) is 6.07 Å². The number of halogens is 3. The Bertz CT molecular complexity index is 563. The van der Waals surface area contributed by atoms with Gasteiger partial charge < -0.3 is 4.90 Å². The number of amides is 1. The van der Waals surface area contributed by atoms with Gasteiger partial charge in [-0.2, -0.15) is 5.26 Å². The number of nitriles is 1. The van der Waals surface area contributed by atoms with Crippen molar-refractivity contribution in [3.05, 3.63) is 33.8 Å². The highest BCUT2D eigenvalue weighted by Crippen LogP contribution is 2.32. The number of alkyl halides is 1. The van der Waals surface area contributed by atoms with Crippen molar-refractivity contribution >= 4 is 29.1 Å². The lowest BCUT2D eigenvalue weighted by Gasteiger charge is -2.35. The quantitative estimate of drug-likeness (QED) is 0.835. The number of benzene rings is 1. The van der Waals surface area contributed by atoms with E-state index in [1.165, 1.54) is 6.07 Å². The van der Waals surface area contributed by atoms with Crippen LogP contribution in [-0.4, -0.2) is 30.6 Å². The zero-order valence-corrected chi connectivity index (χ0v) is 12.2. The number of rotatable bonds is 2. The van der Waals surface area contributed by atoms with Crippen molar-refractivity contribution in [3.63, 3.8) is 0 Å². The third kappa shape index (κ3) is 2.89. The van der Waals surface area contributed by atoms with Gasteiger partial charge in [0.15, 0.2) is 0 Å². The van der Waals surface area contributed by atoms with Gasteiger partial charge in [-0.3, -0.25) is 4.79 Å². The Labute approximate surface area is 126 Å². The molecule has 2 rings (SSSR count). The molecule has 0 N–H and O–H groups in total. The molecule has 0 spiro atoms. The molecule has 1 aliphatic heterocycles. The highest BCUT2D eigenvalue weighted by atomic mass is 35.5. The van der Waals surface area contributed by atoms with Gasteiger partial charge in [0, 0.05) is 18.7 Å². The molecular weight excluding hydrogens is 302 g/mol. The van der Waals surface area contributed by atoms with Crippen LogP contribution in [0.4, 0.5) is 4.39 Å². The number of hydrogen-bond donors (Lipinski definition) is 0. The van der Waals surface area contributed by atoms with Gasteiger partial charge >= 0.3 is 0 Å². The van der Waals surface area contributed by atoms with Gasteiger partial charge in [0.2, 0.25) is 0 Å². The highest BCUT2D eigenvalue weighted by molar-refractivity contribution is 6.42. The second-order valence-corrected chi connectivity index (χ2v) is 5.76. The fourth-order valence-corrected chi connectivity index (χ4v) is 2.52. The summed E-state index contributed by atoms with van der Waals surface area (Å²) < 4.78 is 12.9. The molecule has 0 atom stereocenters. The zero-order valence-electron chi connectivity index (χ0n) is 10.7. The summed E-state index contributed by atoms with van der Waals surface area (Å²) >= 11 is 11.7. The molecule has 0 saturated carbocycles. The van der Waals surface area contributed by atoms with E-state index in [1.54, 1.807) is 17.0 Å². The maximum Gasteiger partial charge on any atom is 0.253 e. The minimum Gasteiger partial charge on any atom is -0.339 e. The Morgan fingerprint density at radius 3 is 2.50 bits per heavy atom. The number of piperidine rings is 1. The minimum absolute atomic E-state index is 0.172. The van der Waals surface area contributed by atoms with Gasteiger partial charge in [-0.05, 0) is 31.0 Å². The molecule has 6 heteroatoms. The van der Waals surface area contributed by atoms with E-state index in [9.17, 15) is 9.18 Å². The van der Waals surface area contributed by atoms with E-state index >= 15 is 0 Å². The molecule has 1 aromatic rings. The predicted octanol–water partition coefficient (Wildman–Crippen LogP) is 3.71. The van der Waals surface area contributed by atoms with Crippen LogP contribution >= 0.6 is 23.2 Å². The summed E-state index contributed by atoms with van der Waals surface area (Å²) in [5.41, 5.74) is -0.488. The van der Waals surface area contributed by atoms with Crippen LogP contribution in [0.5, 0.6) is 0 Å². The van der Waals surface area contributed by atoms with Crippen LogP contribution in [0, 0.1) is 16.7 Å². The Kier molecular flexibility index (Phi) is 4.52. The second-order valence-electron chi connectivity index (χ2n) is 4.95. The number of hydrogen-bond acceptors (Lipinski definition) is 2. The van der Waals surface area contributed by atoms with Crippen molar-refractivity contribution in [3.8, 4) is 6.07 Å². The molecule has 0 aromatic heterocycles. The second kappa shape index (κ2) is 5.99. The monoisotopic (exact) mass is 314 g/mol. The Morgan fingerprint density at radius 2 is 2.00 bits per heavy atom. The Balaban J connectivity index is 2.09. The molecule has 0 unspecified atom stereocenters. The molecule has 1 fully saturated rings. The van der Waals surface area contributed by atoms with Gasteiger partial charge in [0.05, 0.1) is 21.5 Å². The van der Waals surface area contributed by atoms with Gasteiger partial charge in [-0.25, -0.2) is 4.39 Å². The molecule has 1 heterocycles. The highest BCUT2D eigenvalue weighted by Gasteiger charge is 2.36. The van der Waals surface area contributed by atoms with Crippen molar-refractivity contribution in [1.29, 1.82) is 5.26 Å². The van der Waals surface area contributed by atoms with Crippen LogP contribution in [0.3, 0.4) is 0 Å². The van der Waals surface area contributed by atoms with Gasteiger partial charge in [-0.1, -0.05) is 23.2 Å².